The number of thioether (sulfide) groups is 1. The van der Waals surface area contributed by atoms with Crippen LogP contribution in [-0.2, 0) is 9.59 Å². The second-order valence-electron chi connectivity index (χ2n) is 7.60. The summed E-state index contributed by atoms with van der Waals surface area (Å²) in [6, 6.07) is 10.00. The van der Waals surface area contributed by atoms with Gasteiger partial charge in [-0.15, -0.1) is 23.1 Å². The maximum Gasteiger partial charge on any atom is 0.234 e. The number of carbonyl (C=O) groups excluding carboxylic acids is 2. The molecule has 1 aromatic carbocycles. The Balaban J connectivity index is 1.40. The maximum atomic E-state index is 12.9. The minimum Gasteiger partial charge on any atom is -0.353 e. The predicted octanol–water partition coefficient (Wildman–Crippen LogP) is 4.15. The maximum absolute atomic E-state index is 12.9. The van der Waals surface area contributed by atoms with E-state index in [1.165, 1.54) is 53.7 Å². The van der Waals surface area contributed by atoms with Gasteiger partial charge in [-0.05, 0) is 67.6 Å². The van der Waals surface area contributed by atoms with Gasteiger partial charge < -0.3 is 10.6 Å². The number of hydrogen-bond donors (Lipinski definition) is 2. The molecule has 8 heteroatoms. The van der Waals surface area contributed by atoms with Crippen LogP contribution in [0.3, 0.4) is 0 Å². The van der Waals surface area contributed by atoms with Gasteiger partial charge in [-0.1, -0.05) is 13.0 Å². The summed E-state index contributed by atoms with van der Waals surface area (Å²) in [6.07, 6.45) is 2.38. The molecule has 1 atom stereocenters. The SMILES string of the molecule is CC1CCN(C(CNC(=O)CSCC(=O)Nc2ccc(F)cc2)c2cccs2)CC1. The van der Waals surface area contributed by atoms with Gasteiger partial charge in [0.25, 0.3) is 0 Å². The van der Waals surface area contributed by atoms with E-state index in [9.17, 15) is 14.0 Å². The average molecular weight is 450 g/mol. The second-order valence-corrected chi connectivity index (χ2v) is 9.57. The number of nitrogens with zero attached hydrogens (tertiary/aromatic N) is 1. The summed E-state index contributed by atoms with van der Waals surface area (Å²) in [5, 5.41) is 7.81. The fourth-order valence-electron chi connectivity index (χ4n) is 3.46. The number of anilines is 1. The zero-order valence-electron chi connectivity index (χ0n) is 17.1. The lowest BCUT2D eigenvalue weighted by atomic mass is 9.97. The van der Waals surface area contributed by atoms with Crippen LogP contribution in [0, 0.1) is 11.7 Å². The van der Waals surface area contributed by atoms with Gasteiger partial charge in [-0.2, -0.15) is 0 Å². The van der Waals surface area contributed by atoms with E-state index in [0.29, 0.717) is 12.2 Å². The molecular formula is C22H28FN3O2S2. The molecule has 1 unspecified atom stereocenters. The number of benzene rings is 1. The summed E-state index contributed by atoms with van der Waals surface area (Å²) < 4.78 is 12.9. The lowest BCUT2D eigenvalue weighted by Crippen LogP contribution is -2.42. The van der Waals surface area contributed by atoms with E-state index in [1.54, 1.807) is 11.3 Å². The first-order valence-electron chi connectivity index (χ1n) is 10.2. The minimum absolute atomic E-state index is 0.0680. The first-order chi connectivity index (χ1) is 14.5. The Morgan fingerprint density at radius 2 is 1.87 bits per heavy atom. The third-order valence-electron chi connectivity index (χ3n) is 5.22. The van der Waals surface area contributed by atoms with Gasteiger partial charge >= 0.3 is 0 Å². The van der Waals surface area contributed by atoms with Gasteiger partial charge in [-0.25, -0.2) is 4.39 Å². The molecule has 2 aromatic rings. The van der Waals surface area contributed by atoms with Crippen LogP contribution in [-0.4, -0.2) is 47.9 Å². The van der Waals surface area contributed by atoms with E-state index in [-0.39, 0.29) is 35.2 Å². The van der Waals surface area contributed by atoms with Crippen LogP contribution in [0.2, 0.25) is 0 Å². The molecule has 1 fully saturated rings. The summed E-state index contributed by atoms with van der Waals surface area (Å²) in [4.78, 5) is 28.0. The number of halogens is 1. The number of rotatable bonds is 9. The molecule has 30 heavy (non-hydrogen) atoms. The summed E-state index contributed by atoms with van der Waals surface area (Å²) in [5.41, 5.74) is 0.543. The van der Waals surface area contributed by atoms with Gasteiger partial charge in [-0.3, -0.25) is 14.5 Å². The summed E-state index contributed by atoms with van der Waals surface area (Å²) in [7, 11) is 0. The Kier molecular flexibility index (Phi) is 8.72. The monoisotopic (exact) mass is 449 g/mol. The van der Waals surface area contributed by atoms with Crippen molar-refractivity contribution < 1.29 is 14.0 Å². The van der Waals surface area contributed by atoms with Crippen molar-refractivity contribution in [3.63, 3.8) is 0 Å². The molecule has 3 rings (SSSR count). The molecule has 1 aromatic heterocycles. The van der Waals surface area contributed by atoms with Crippen LogP contribution in [0.4, 0.5) is 10.1 Å². The number of nitrogens with one attached hydrogen (secondary N) is 2. The van der Waals surface area contributed by atoms with Crippen molar-refractivity contribution in [2.75, 3.05) is 36.5 Å². The van der Waals surface area contributed by atoms with E-state index in [4.69, 9.17) is 0 Å². The number of thiophene rings is 1. The topological polar surface area (TPSA) is 61.4 Å². The molecule has 2 heterocycles. The molecule has 1 aliphatic rings. The molecule has 0 aliphatic carbocycles. The van der Waals surface area contributed by atoms with Crippen molar-refractivity contribution in [3.05, 3.63) is 52.5 Å². The zero-order chi connectivity index (χ0) is 21.3. The molecule has 5 nitrogen and oxygen atoms in total. The molecule has 0 bridgehead atoms. The van der Waals surface area contributed by atoms with Crippen LogP contribution < -0.4 is 10.6 Å². The van der Waals surface area contributed by atoms with Crippen LogP contribution in [0.1, 0.15) is 30.7 Å². The van der Waals surface area contributed by atoms with Crippen molar-refractivity contribution >= 4 is 40.6 Å². The first kappa shape index (κ1) is 22.8. The highest BCUT2D eigenvalue weighted by Crippen LogP contribution is 2.29. The second kappa shape index (κ2) is 11.5. The molecule has 0 spiro atoms. The lowest BCUT2D eigenvalue weighted by Gasteiger charge is -2.36. The number of piperidine rings is 1. The van der Waals surface area contributed by atoms with Crippen molar-refractivity contribution in [1.29, 1.82) is 0 Å². The smallest absolute Gasteiger partial charge is 0.234 e. The van der Waals surface area contributed by atoms with E-state index in [0.717, 1.165) is 19.0 Å². The fourth-order valence-corrected chi connectivity index (χ4v) is 4.97. The van der Waals surface area contributed by atoms with E-state index < -0.39 is 0 Å². The standard InChI is InChI=1S/C22H28FN3O2S2/c1-16-8-10-26(11-9-16)19(20-3-2-12-30-20)13-24-21(27)14-29-15-22(28)25-18-6-4-17(23)5-7-18/h2-7,12,16,19H,8-11,13-15H2,1H3,(H,24,27)(H,25,28). The van der Waals surface area contributed by atoms with E-state index in [1.807, 2.05) is 0 Å². The van der Waals surface area contributed by atoms with Gasteiger partial charge in [0.15, 0.2) is 0 Å². The molecule has 0 radical (unpaired) electrons. The summed E-state index contributed by atoms with van der Waals surface area (Å²) in [6.45, 7) is 4.98. The highest BCUT2D eigenvalue weighted by Gasteiger charge is 2.25. The van der Waals surface area contributed by atoms with Gasteiger partial charge in [0.1, 0.15) is 5.82 Å². The van der Waals surface area contributed by atoms with Crippen molar-refractivity contribution in [3.8, 4) is 0 Å². The fraction of sp³-hybridized carbons (Fsp3) is 0.455. The van der Waals surface area contributed by atoms with Crippen molar-refractivity contribution in [2.24, 2.45) is 5.92 Å². The largest absolute Gasteiger partial charge is 0.353 e. The number of likely N-dealkylation sites (tertiary alicyclic amines) is 1. The molecule has 2 amide bonds. The Hall–Kier alpha value is -1.90. The third-order valence-corrected chi connectivity index (χ3v) is 7.12. The molecule has 1 aliphatic heterocycles. The van der Waals surface area contributed by atoms with Crippen LogP contribution in [0.15, 0.2) is 41.8 Å². The van der Waals surface area contributed by atoms with Crippen molar-refractivity contribution in [2.45, 2.75) is 25.8 Å². The van der Waals surface area contributed by atoms with Gasteiger partial charge in [0.2, 0.25) is 11.8 Å². The summed E-state index contributed by atoms with van der Waals surface area (Å²) >= 11 is 2.99. The Labute approximate surface area is 185 Å². The van der Waals surface area contributed by atoms with Gasteiger partial charge in [0, 0.05) is 17.1 Å². The molecule has 162 valence electrons. The van der Waals surface area contributed by atoms with Crippen LogP contribution in [0.25, 0.3) is 0 Å². The predicted molar refractivity (Wildman–Crippen MR) is 122 cm³/mol. The first-order valence-corrected chi connectivity index (χ1v) is 12.2. The average Bonchev–Trinajstić information content (AvgIpc) is 3.26. The van der Waals surface area contributed by atoms with E-state index in [2.05, 4.69) is 40.0 Å². The minimum atomic E-state index is -0.348. The summed E-state index contributed by atoms with van der Waals surface area (Å²) in [5.74, 6) is 0.532. The van der Waals surface area contributed by atoms with Crippen molar-refractivity contribution in [1.82, 2.24) is 10.2 Å². The normalized spacial score (nSPS) is 16.2. The molecule has 1 saturated heterocycles. The zero-order valence-corrected chi connectivity index (χ0v) is 18.7. The van der Waals surface area contributed by atoms with Crippen LogP contribution in [0.5, 0.6) is 0 Å². The highest BCUT2D eigenvalue weighted by atomic mass is 32.2. The molecule has 2 N–H and O–H groups in total. The molecule has 0 saturated carbocycles. The Morgan fingerprint density at radius 3 is 2.53 bits per heavy atom. The number of hydrogen-bond acceptors (Lipinski definition) is 5. The Bertz CT molecular complexity index is 806. The number of amides is 2. The third kappa shape index (κ3) is 7.11. The number of carbonyl (C=O) groups is 2. The van der Waals surface area contributed by atoms with E-state index >= 15 is 0 Å². The van der Waals surface area contributed by atoms with Crippen LogP contribution >= 0.6 is 23.1 Å². The van der Waals surface area contributed by atoms with Gasteiger partial charge in [0.05, 0.1) is 17.5 Å². The Morgan fingerprint density at radius 1 is 1.17 bits per heavy atom. The molecular weight excluding hydrogens is 421 g/mol. The highest BCUT2D eigenvalue weighted by molar-refractivity contribution is 8.00. The quantitative estimate of drug-likeness (QED) is 0.604. The lowest BCUT2D eigenvalue weighted by molar-refractivity contribution is -0.118.